The van der Waals surface area contributed by atoms with E-state index in [1.165, 1.54) is 5.67 Å². The maximum absolute atomic E-state index is 6.05. The Bertz CT molecular complexity index is 169. The molecule has 0 radical (unpaired) electrons. The number of rotatable bonds is 6. The monoisotopic (exact) mass is 248 g/mol. The van der Waals surface area contributed by atoms with Crippen molar-refractivity contribution in [3.63, 3.8) is 0 Å². The van der Waals surface area contributed by atoms with E-state index in [9.17, 15) is 0 Å². The van der Waals surface area contributed by atoms with Gasteiger partial charge in [0, 0.05) is 12.2 Å². The fraction of sp³-hybridized carbons (Fsp3) is 1.00. The van der Waals surface area contributed by atoms with Crippen molar-refractivity contribution in [2.24, 2.45) is 0 Å². The highest BCUT2D eigenvalue weighted by Crippen LogP contribution is 2.24. The zero-order valence-corrected chi connectivity index (χ0v) is 13.7. The maximum atomic E-state index is 6.05. The molecule has 0 fully saturated rings. The predicted octanol–water partition coefficient (Wildman–Crippen LogP) is 3.79. The molecule has 0 rings (SSSR count). The van der Waals surface area contributed by atoms with Crippen LogP contribution >= 0.6 is 0 Å². The van der Waals surface area contributed by atoms with Crippen LogP contribution < -0.4 is 0 Å². The fourth-order valence-electron chi connectivity index (χ4n) is 2.38. The van der Waals surface area contributed by atoms with Crippen molar-refractivity contribution in [2.45, 2.75) is 71.8 Å². The summed E-state index contributed by atoms with van der Waals surface area (Å²) in [5.41, 5.74) is 1.18. The van der Waals surface area contributed by atoms with E-state index in [0.29, 0.717) is 12.2 Å². The van der Waals surface area contributed by atoms with E-state index in [-0.39, 0.29) is 0 Å². The highest BCUT2D eigenvalue weighted by Gasteiger charge is 2.36. The normalized spacial score (nSPS) is 14.0. The first-order chi connectivity index (χ1) is 6.54. The second-order valence-corrected chi connectivity index (χ2v) is 15.0. The van der Waals surface area contributed by atoms with Gasteiger partial charge in [-0.1, -0.05) is 0 Å². The van der Waals surface area contributed by atoms with Crippen molar-refractivity contribution in [2.75, 3.05) is 0 Å². The Labute approximate surface area is 97.6 Å². The molecule has 0 aromatic carbocycles. The van der Waals surface area contributed by atoms with Gasteiger partial charge < -0.3 is 8.85 Å². The zero-order chi connectivity index (χ0) is 12.3. The smallest absolute Gasteiger partial charge is 0.186 e. The molecule has 0 saturated carbocycles. The van der Waals surface area contributed by atoms with Crippen LogP contribution in [0.3, 0.4) is 0 Å². The summed E-state index contributed by atoms with van der Waals surface area (Å²) in [6, 6.07) is 0. The maximum Gasteiger partial charge on any atom is 0.186 e. The van der Waals surface area contributed by atoms with E-state index in [4.69, 9.17) is 8.85 Å². The average Bonchev–Trinajstić information content (AvgIpc) is 1.73. The van der Waals surface area contributed by atoms with E-state index in [1.54, 1.807) is 0 Å². The van der Waals surface area contributed by atoms with Gasteiger partial charge in [0.2, 0.25) is 0 Å². The first-order valence-electron chi connectivity index (χ1n) is 5.90. The Morgan fingerprint density at radius 1 is 0.733 bits per heavy atom. The molecule has 0 aliphatic carbocycles. The second kappa shape index (κ2) is 5.61. The molecule has 0 aliphatic heterocycles. The van der Waals surface area contributed by atoms with Gasteiger partial charge >= 0.3 is 0 Å². The third-order valence-corrected chi connectivity index (χ3v) is 11.0. The summed E-state index contributed by atoms with van der Waals surface area (Å²) < 4.78 is 12.1. The molecule has 0 aliphatic rings. The summed E-state index contributed by atoms with van der Waals surface area (Å²) in [5.74, 6) is 0. The molecule has 0 amide bonds. The summed E-state index contributed by atoms with van der Waals surface area (Å²) in [5, 5.41) is 0. The standard InChI is InChI=1S/C11H28O2Si2/c1-10(2)12-14(5,6)9-15(7,8)13-11(3)4/h10-11H,9H2,1-8H3. The summed E-state index contributed by atoms with van der Waals surface area (Å²) >= 11 is 0. The molecule has 0 bridgehead atoms. The van der Waals surface area contributed by atoms with Gasteiger partial charge in [-0.15, -0.1) is 0 Å². The molecule has 0 N–H and O–H groups in total. The molecule has 4 heteroatoms. The molecule has 0 saturated heterocycles. The van der Waals surface area contributed by atoms with Crippen LogP contribution in [0.25, 0.3) is 0 Å². The van der Waals surface area contributed by atoms with Crippen LogP contribution in [0.1, 0.15) is 27.7 Å². The van der Waals surface area contributed by atoms with Crippen LogP contribution in [0, 0.1) is 0 Å². The van der Waals surface area contributed by atoms with Crippen molar-refractivity contribution in [3.05, 3.63) is 0 Å². The number of hydrogen-bond acceptors (Lipinski definition) is 2. The van der Waals surface area contributed by atoms with Crippen LogP contribution in [0.5, 0.6) is 0 Å². The molecule has 0 heterocycles. The minimum Gasteiger partial charge on any atom is -0.415 e. The minimum atomic E-state index is -1.53. The lowest BCUT2D eigenvalue weighted by Crippen LogP contribution is -2.46. The predicted molar refractivity (Wildman–Crippen MR) is 72.2 cm³/mol. The van der Waals surface area contributed by atoms with Crippen molar-refractivity contribution in [3.8, 4) is 0 Å². The summed E-state index contributed by atoms with van der Waals surface area (Å²) in [6.45, 7) is 17.7. The molecule has 0 atom stereocenters. The third-order valence-electron chi connectivity index (χ3n) is 1.96. The van der Waals surface area contributed by atoms with Gasteiger partial charge in [-0.2, -0.15) is 0 Å². The van der Waals surface area contributed by atoms with Crippen molar-refractivity contribution >= 4 is 16.6 Å². The minimum absolute atomic E-state index is 0.343. The molecular formula is C11H28O2Si2. The summed E-state index contributed by atoms with van der Waals surface area (Å²) in [4.78, 5) is 0. The van der Waals surface area contributed by atoms with Crippen molar-refractivity contribution in [1.82, 2.24) is 0 Å². The van der Waals surface area contributed by atoms with Crippen molar-refractivity contribution in [1.29, 1.82) is 0 Å². The topological polar surface area (TPSA) is 18.5 Å². The molecule has 15 heavy (non-hydrogen) atoms. The average molecular weight is 249 g/mol. The first kappa shape index (κ1) is 15.4. The Balaban J connectivity index is 4.29. The summed E-state index contributed by atoms with van der Waals surface area (Å²) in [6.07, 6.45) is 0.686. The van der Waals surface area contributed by atoms with Crippen LogP contribution in [0.4, 0.5) is 0 Å². The fourth-order valence-corrected chi connectivity index (χ4v) is 13.8. The highest BCUT2D eigenvalue weighted by molar-refractivity contribution is 6.89. The van der Waals surface area contributed by atoms with Crippen LogP contribution in [0.15, 0.2) is 0 Å². The van der Waals surface area contributed by atoms with E-state index in [1.807, 2.05) is 0 Å². The molecule has 0 unspecified atom stereocenters. The van der Waals surface area contributed by atoms with Crippen LogP contribution in [-0.2, 0) is 8.85 Å². The second-order valence-electron chi connectivity index (χ2n) is 6.03. The van der Waals surface area contributed by atoms with Crippen LogP contribution in [-0.4, -0.2) is 28.8 Å². The van der Waals surface area contributed by atoms with Gasteiger partial charge in [-0.3, -0.25) is 0 Å². The molecule has 0 aromatic heterocycles. The van der Waals surface area contributed by atoms with Gasteiger partial charge in [0.05, 0.1) is 0 Å². The van der Waals surface area contributed by atoms with Crippen molar-refractivity contribution < 1.29 is 8.85 Å². The Morgan fingerprint density at radius 3 is 1.20 bits per heavy atom. The molecular weight excluding hydrogens is 220 g/mol. The quantitative estimate of drug-likeness (QED) is 0.666. The van der Waals surface area contributed by atoms with E-state index in [0.717, 1.165) is 0 Å². The van der Waals surface area contributed by atoms with Gasteiger partial charge in [0.1, 0.15) is 0 Å². The van der Waals surface area contributed by atoms with Crippen LogP contribution in [0.2, 0.25) is 31.9 Å². The largest absolute Gasteiger partial charge is 0.415 e. The Morgan fingerprint density at radius 2 is 1.00 bits per heavy atom. The molecule has 92 valence electrons. The van der Waals surface area contributed by atoms with Gasteiger partial charge in [0.25, 0.3) is 0 Å². The third kappa shape index (κ3) is 8.19. The lowest BCUT2D eigenvalue weighted by molar-refractivity contribution is 0.221. The Hall–Kier alpha value is 0.354. The van der Waals surface area contributed by atoms with E-state index < -0.39 is 16.6 Å². The Kier molecular flexibility index (Phi) is 5.75. The SMILES string of the molecule is CC(C)O[Si](C)(C)C[Si](C)(C)OC(C)C. The zero-order valence-electron chi connectivity index (χ0n) is 11.7. The molecule has 0 spiro atoms. The first-order valence-corrected chi connectivity index (χ1v) is 12.1. The van der Waals surface area contributed by atoms with Gasteiger partial charge in [-0.05, 0) is 59.6 Å². The lowest BCUT2D eigenvalue weighted by Gasteiger charge is -2.34. The van der Waals surface area contributed by atoms with E-state index in [2.05, 4.69) is 53.9 Å². The highest BCUT2D eigenvalue weighted by atomic mass is 28.4. The number of hydrogen-bond donors (Lipinski definition) is 0. The molecule has 2 nitrogen and oxygen atoms in total. The van der Waals surface area contributed by atoms with Gasteiger partial charge in [-0.25, -0.2) is 0 Å². The molecule has 0 aromatic rings. The lowest BCUT2D eigenvalue weighted by atomic mass is 10.5. The van der Waals surface area contributed by atoms with E-state index >= 15 is 0 Å². The van der Waals surface area contributed by atoms with Gasteiger partial charge in [0.15, 0.2) is 16.6 Å². The summed E-state index contributed by atoms with van der Waals surface area (Å²) in [7, 11) is -3.06.